The molecule has 9 heteroatoms. The van der Waals surface area contributed by atoms with E-state index in [9.17, 15) is 26.3 Å². The monoisotopic (exact) mass is 350 g/mol. The molecule has 0 saturated carbocycles. The summed E-state index contributed by atoms with van der Waals surface area (Å²) in [5, 5.41) is 2.28. The van der Waals surface area contributed by atoms with Gasteiger partial charge in [-0.15, -0.1) is 0 Å². The van der Waals surface area contributed by atoms with Crippen molar-refractivity contribution >= 4 is 5.69 Å². The van der Waals surface area contributed by atoms with Gasteiger partial charge in [0, 0.05) is 5.56 Å². The van der Waals surface area contributed by atoms with Gasteiger partial charge in [0.15, 0.2) is 0 Å². The van der Waals surface area contributed by atoms with E-state index in [0.29, 0.717) is 0 Å². The van der Waals surface area contributed by atoms with Gasteiger partial charge < -0.3 is 10.1 Å². The van der Waals surface area contributed by atoms with Crippen molar-refractivity contribution in [2.45, 2.75) is 26.0 Å². The Labute approximate surface area is 133 Å². The molecule has 0 aliphatic rings. The molecule has 2 aromatic rings. The number of benzene rings is 1. The van der Waals surface area contributed by atoms with Crippen LogP contribution in [0.5, 0.6) is 5.75 Å². The summed E-state index contributed by atoms with van der Waals surface area (Å²) in [6.45, 7) is -1.52. The third kappa shape index (κ3) is 3.72. The predicted molar refractivity (Wildman–Crippen MR) is 73.8 cm³/mol. The van der Waals surface area contributed by atoms with Crippen LogP contribution in [-0.4, -0.2) is 11.6 Å². The lowest BCUT2D eigenvalue weighted by Crippen LogP contribution is -2.16. The topological polar surface area (TPSA) is 34.2 Å². The third-order valence-electron chi connectivity index (χ3n) is 3.23. The van der Waals surface area contributed by atoms with Gasteiger partial charge >= 0.3 is 6.61 Å². The van der Waals surface area contributed by atoms with E-state index >= 15 is 0 Å². The first-order chi connectivity index (χ1) is 11.3. The zero-order valence-electron chi connectivity index (χ0n) is 12.3. The van der Waals surface area contributed by atoms with Crippen molar-refractivity contribution in [3.05, 3.63) is 53.4 Å². The minimum absolute atomic E-state index is 0.150. The van der Waals surface area contributed by atoms with Gasteiger partial charge in [0.25, 0.3) is 11.9 Å². The Bertz CT molecular complexity index is 699. The van der Waals surface area contributed by atoms with Crippen LogP contribution in [0.3, 0.4) is 0 Å². The number of alkyl halides is 2. The van der Waals surface area contributed by atoms with Crippen molar-refractivity contribution in [1.29, 1.82) is 0 Å². The molecule has 1 aromatic heterocycles. The van der Waals surface area contributed by atoms with Crippen LogP contribution >= 0.6 is 0 Å². The number of ether oxygens (including phenoxy) is 1. The van der Waals surface area contributed by atoms with E-state index in [4.69, 9.17) is 0 Å². The summed E-state index contributed by atoms with van der Waals surface area (Å²) in [5.41, 5.74) is -0.921. The smallest absolute Gasteiger partial charge is 0.387 e. The minimum atomic E-state index is -3.10. The van der Waals surface area contributed by atoms with E-state index in [1.165, 1.54) is 24.3 Å². The maximum atomic E-state index is 13.7. The largest absolute Gasteiger partial charge is 0.434 e. The first-order valence-corrected chi connectivity index (χ1v) is 6.85. The van der Waals surface area contributed by atoms with Gasteiger partial charge in [-0.25, -0.2) is 0 Å². The number of hydrogen-bond donors (Lipinski definition) is 1. The first-order valence-electron chi connectivity index (χ1n) is 6.85. The van der Waals surface area contributed by atoms with E-state index < -0.39 is 41.9 Å². The van der Waals surface area contributed by atoms with Gasteiger partial charge in [-0.2, -0.15) is 31.3 Å². The molecule has 0 aliphatic carbocycles. The van der Waals surface area contributed by atoms with Crippen LogP contribution in [0.1, 0.15) is 24.9 Å². The van der Waals surface area contributed by atoms with Crippen LogP contribution < -0.4 is 10.1 Å². The molecule has 0 saturated heterocycles. The summed E-state index contributed by atoms with van der Waals surface area (Å²) in [6, 6.07) is 4.62. The molecule has 0 amide bonds. The molecule has 0 fully saturated rings. The molecular formula is C15H12F6N2O. The number of rotatable bonds is 6. The number of nitrogens with zero attached hydrogens (tertiary/aromatic N) is 1. The zero-order chi connectivity index (χ0) is 17.9. The standard InChI is InChI=1S/C15H12F6N2O/c1-2-8(7-5-3-4-6-9(7)24-15(20)21)22-12-10(16)13(18)23-14(19)11(12)17/h3-6,8,15H,2H2,1H3,(H,22,23). The van der Waals surface area contributed by atoms with Crippen LogP contribution in [-0.2, 0) is 0 Å². The highest BCUT2D eigenvalue weighted by atomic mass is 19.3. The lowest BCUT2D eigenvalue weighted by atomic mass is 10.0. The Balaban J connectivity index is 2.42. The predicted octanol–water partition coefficient (Wildman–Crippen LogP) is 4.80. The molecule has 1 heterocycles. The molecule has 1 atom stereocenters. The fourth-order valence-corrected chi connectivity index (χ4v) is 2.16. The summed E-state index contributed by atoms with van der Waals surface area (Å²) in [7, 11) is 0. The second-order valence-corrected chi connectivity index (χ2v) is 4.72. The molecule has 2 rings (SSSR count). The van der Waals surface area contributed by atoms with Crippen LogP contribution in [0.4, 0.5) is 32.0 Å². The third-order valence-corrected chi connectivity index (χ3v) is 3.23. The fourth-order valence-electron chi connectivity index (χ4n) is 2.16. The van der Waals surface area contributed by atoms with Crippen LogP contribution in [0.15, 0.2) is 24.3 Å². The molecule has 0 spiro atoms. The van der Waals surface area contributed by atoms with Gasteiger partial charge in [-0.1, -0.05) is 25.1 Å². The molecule has 3 nitrogen and oxygen atoms in total. The Morgan fingerprint density at radius 2 is 1.62 bits per heavy atom. The Kier molecular flexibility index (Phi) is 5.53. The summed E-state index contributed by atoms with van der Waals surface area (Å²) >= 11 is 0. The Morgan fingerprint density at radius 1 is 1.04 bits per heavy atom. The second-order valence-electron chi connectivity index (χ2n) is 4.72. The quantitative estimate of drug-likeness (QED) is 0.600. The second kappa shape index (κ2) is 7.41. The van der Waals surface area contributed by atoms with E-state index in [1.807, 2.05) is 0 Å². The van der Waals surface area contributed by atoms with E-state index in [-0.39, 0.29) is 17.7 Å². The van der Waals surface area contributed by atoms with E-state index in [2.05, 4.69) is 15.0 Å². The summed E-state index contributed by atoms with van der Waals surface area (Å²) in [5.74, 6) is -7.27. The number of anilines is 1. The van der Waals surface area contributed by atoms with Crippen LogP contribution in [0, 0.1) is 23.5 Å². The van der Waals surface area contributed by atoms with Gasteiger partial charge in [-0.3, -0.25) is 0 Å². The van der Waals surface area contributed by atoms with Crippen molar-refractivity contribution in [3.63, 3.8) is 0 Å². The van der Waals surface area contributed by atoms with Gasteiger partial charge in [0.2, 0.25) is 11.6 Å². The summed E-state index contributed by atoms with van der Waals surface area (Å²) in [6.07, 6.45) is 0.161. The SMILES string of the molecule is CCC(Nc1c(F)c(F)nc(F)c1F)c1ccccc1OC(F)F. The van der Waals surface area contributed by atoms with Gasteiger partial charge in [-0.05, 0) is 12.5 Å². The van der Waals surface area contributed by atoms with Crippen molar-refractivity contribution in [2.75, 3.05) is 5.32 Å². The molecule has 130 valence electrons. The molecule has 1 N–H and O–H groups in total. The van der Waals surface area contributed by atoms with E-state index in [0.717, 1.165) is 0 Å². The minimum Gasteiger partial charge on any atom is -0.434 e. The maximum Gasteiger partial charge on any atom is 0.387 e. The highest BCUT2D eigenvalue weighted by Crippen LogP contribution is 2.33. The number of hydrogen-bond acceptors (Lipinski definition) is 3. The normalized spacial score (nSPS) is 12.3. The van der Waals surface area contributed by atoms with Crippen molar-refractivity contribution in [2.24, 2.45) is 0 Å². The maximum absolute atomic E-state index is 13.7. The number of pyridine rings is 1. The van der Waals surface area contributed by atoms with Crippen molar-refractivity contribution in [1.82, 2.24) is 4.98 Å². The van der Waals surface area contributed by atoms with Crippen LogP contribution in [0.25, 0.3) is 0 Å². The summed E-state index contributed by atoms with van der Waals surface area (Å²) in [4.78, 5) is 2.45. The average molecular weight is 350 g/mol. The fraction of sp³-hybridized carbons (Fsp3) is 0.267. The highest BCUT2D eigenvalue weighted by molar-refractivity contribution is 5.49. The first kappa shape index (κ1) is 17.9. The van der Waals surface area contributed by atoms with Crippen molar-refractivity contribution < 1.29 is 31.1 Å². The molecule has 0 aliphatic heterocycles. The number of aromatic nitrogens is 1. The molecular weight excluding hydrogens is 338 g/mol. The van der Waals surface area contributed by atoms with E-state index in [1.54, 1.807) is 6.92 Å². The average Bonchev–Trinajstić information content (AvgIpc) is 2.54. The molecule has 1 aromatic carbocycles. The number of nitrogens with one attached hydrogen (secondary N) is 1. The molecule has 24 heavy (non-hydrogen) atoms. The lowest BCUT2D eigenvalue weighted by Gasteiger charge is -2.22. The lowest BCUT2D eigenvalue weighted by molar-refractivity contribution is -0.0505. The zero-order valence-corrected chi connectivity index (χ0v) is 12.3. The number of para-hydroxylation sites is 1. The Hall–Kier alpha value is -2.45. The molecule has 1 unspecified atom stereocenters. The molecule has 0 radical (unpaired) electrons. The van der Waals surface area contributed by atoms with Crippen molar-refractivity contribution in [3.8, 4) is 5.75 Å². The van der Waals surface area contributed by atoms with Gasteiger partial charge in [0.05, 0.1) is 6.04 Å². The van der Waals surface area contributed by atoms with Crippen LogP contribution in [0.2, 0.25) is 0 Å². The summed E-state index contributed by atoms with van der Waals surface area (Å²) < 4.78 is 83.0. The number of halogens is 6. The van der Waals surface area contributed by atoms with Gasteiger partial charge in [0.1, 0.15) is 11.4 Å². The molecule has 0 bridgehead atoms. The highest BCUT2D eigenvalue weighted by Gasteiger charge is 2.24. The Morgan fingerprint density at radius 3 is 2.17 bits per heavy atom.